The molecule has 1 heterocycles. The highest BCUT2D eigenvalue weighted by Crippen LogP contribution is 2.23. The van der Waals surface area contributed by atoms with Crippen LogP contribution in [0, 0.1) is 17.1 Å². The monoisotopic (exact) mass is 325 g/mol. The Hall–Kier alpha value is -1.95. The molecular formula is C13H12FN3O2S2. The third-order valence-corrected chi connectivity index (χ3v) is 5.74. The Labute approximate surface area is 126 Å². The minimum Gasteiger partial charge on any atom is -0.379 e. The second-order valence-electron chi connectivity index (χ2n) is 4.06. The second-order valence-corrected chi connectivity index (χ2v) is 7.34. The number of hydrogen-bond acceptors (Lipinski definition) is 5. The minimum atomic E-state index is -3.45. The van der Waals surface area contributed by atoms with E-state index < -0.39 is 15.8 Å². The molecule has 0 aliphatic heterocycles. The number of anilines is 1. The molecule has 2 rings (SSSR count). The number of hydrogen-bond donors (Lipinski definition) is 2. The highest BCUT2D eigenvalue weighted by Gasteiger charge is 2.14. The lowest BCUT2D eigenvalue weighted by Gasteiger charge is -2.07. The Bertz CT molecular complexity index is 794. The summed E-state index contributed by atoms with van der Waals surface area (Å²) in [5.74, 6) is -0.591. The van der Waals surface area contributed by atoms with Crippen LogP contribution in [0.25, 0.3) is 0 Å². The summed E-state index contributed by atoms with van der Waals surface area (Å²) in [5.41, 5.74) is 0.320. The number of nitrogens with zero attached hydrogens (tertiary/aromatic N) is 1. The molecule has 110 valence electrons. The number of sulfonamides is 1. The van der Waals surface area contributed by atoms with E-state index in [1.54, 1.807) is 18.2 Å². The predicted octanol–water partition coefficient (Wildman–Crippen LogP) is 2.28. The molecule has 0 bridgehead atoms. The quantitative estimate of drug-likeness (QED) is 0.883. The fourth-order valence-corrected chi connectivity index (χ4v) is 3.80. The van der Waals surface area contributed by atoms with Crippen molar-refractivity contribution in [3.63, 3.8) is 0 Å². The molecule has 0 unspecified atom stereocenters. The van der Waals surface area contributed by atoms with Gasteiger partial charge in [0.05, 0.1) is 5.69 Å². The van der Waals surface area contributed by atoms with E-state index in [1.807, 2.05) is 0 Å². The summed E-state index contributed by atoms with van der Waals surface area (Å²) in [6.07, 6.45) is 0. The molecule has 21 heavy (non-hydrogen) atoms. The van der Waals surface area contributed by atoms with E-state index in [-0.39, 0.29) is 9.77 Å². The van der Waals surface area contributed by atoms with Crippen molar-refractivity contribution in [1.29, 1.82) is 5.26 Å². The summed E-state index contributed by atoms with van der Waals surface area (Å²) in [7, 11) is -2.11. The summed E-state index contributed by atoms with van der Waals surface area (Å²) in [5, 5.41) is 11.9. The SMILES string of the molecule is CNS(=O)(=O)c1ccc(CNc2cccc(F)c2C#N)s1. The summed E-state index contributed by atoms with van der Waals surface area (Å²) < 4.78 is 39.1. The largest absolute Gasteiger partial charge is 0.379 e. The first kappa shape index (κ1) is 15.4. The maximum absolute atomic E-state index is 13.4. The summed E-state index contributed by atoms with van der Waals surface area (Å²) >= 11 is 1.11. The van der Waals surface area contributed by atoms with Gasteiger partial charge in [0.15, 0.2) is 0 Å². The molecule has 1 aromatic heterocycles. The molecule has 0 atom stereocenters. The van der Waals surface area contributed by atoms with E-state index in [0.29, 0.717) is 12.2 Å². The van der Waals surface area contributed by atoms with E-state index in [1.165, 1.54) is 25.2 Å². The van der Waals surface area contributed by atoms with Crippen LogP contribution in [-0.4, -0.2) is 15.5 Å². The molecular weight excluding hydrogens is 313 g/mol. The summed E-state index contributed by atoms with van der Waals surface area (Å²) in [6.45, 7) is 0.308. The topological polar surface area (TPSA) is 82.0 Å². The van der Waals surface area contributed by atoms with Crippen LogP contribution in [0.15, 0.2) is 34.5 Å². The van der Waals surface area contributed by atoms with Crippen LogP contribution in [-0.2, 0) is 16.6 Å². The fraction of sp³-hybridized carbons (Fsp3) is 0.154. The van der Waals surface area contributed by atoms with Crippen molar-refractivity contribution >= 4 is 27.0 Å². The Morgan fingerprint density at radius 3 is 2.76 bits per heavy atom. The van der Waals surface area contributed by atoms with Crippen LogP contribution >= 0.6 is 11.3 Å². The zero-order chi connectivity index (χ0) is 15.5. The smallest absolute Gasteiger partial charge is 0.249 e. The van der Waals surface area contributed by atoms with Crippen molar-refractivity contribution in [3.05, 3.63) is 46.6 Å². The Morgan fingerprint density at radius 2 is 2.10 bits per heavy atom. The van der Waals surface area contributed by atoms with Gasteiger partial charge in [0.25, 0.3) is 0 Å². The van der Waals surface area contributed by atoms with Gasteiger partial charge in [-0.3, -0.25) is 0 Å². The van der Waals surface area contributed by atoms with Gasteiger partial charge in [0, 0.05) is 11.4 Å². The average Bonchev–Trinajstić information content (AvgIpc) is 2.95. The van der Waals surface area contributed by atoms with Gasteiger partial charge in [-0.2, -0.15) is 5.26 Å². The highest BCUT2D eigenvalue weighted by atomic mass is 32.2. The zero-order valence-corrected chi connectivity index (χ0v) is 12.7. The lowest BCUT2D eigenvalue weighted by molar-refractivity contribution is 0.590. The van der Waals surface area contributed by atoms with E-state index in [9.17, 15) is 12.8 Å². The van der Waals surface area contributed by atoms with Gasteiger partial charge in [-0.05, 0) is 31.3 Å². The van der Waals surface area contributed by atoms with Crippen LogP contribution in [0.5, 0.6) is 0 Å². The molecule has 2 aromatic rings. The van der Waals surface area contributed by atoms with Crippen molar-refractivity contribution in [3.8, 4) is 6.07 Å². The standard InChI is InChI=1S/C13H12FN3O2S2/c1-16-21(18,19)13-6-5-9(20-13)8-17-12-4-2-3-11(14)10(12)7-15/h2-6,16-17H,8H2,1H3. The van der Waals surface area contributed by atoms with Gasteiger partial charge in [0.1, 0.15) is 21.7 Å². The Kier molecular flexibility index (Phi) is 4.57. The van der Waals surface area contributed by atoms with Gasteiger partial charge >= 0.3 is 0 Å². The normalized spacial score (nSPS) is 11.1. The maximum atomic E-state index is 13.4. The molecule has 0 spiro atoms. The van der Waals surface area contributed by atoms with E-state index in [0.717, 1.165) is 16.2 Å². The molecule has 0 radical (unpaired) electrons. The van der Waals surface area contributed by atoms with Crippen LogP contribution in [0.4, 0.5) is 10.1 Å². The number of rotatable bonds is 5. The molecule has 0 fully saturated rings. The number of thiophene rings is 1. The number of nitriles is 1. The highest BCUT2D eigenvalue weighted by molar-refractivity contribution is 7.91. The van der Waals surface area contributed by atoms with Crippen molar-refractivity contribution in [1.82, 2.24) is 4.72 Å². The van der Waals surface area contributed by atoms with E-state index in [2.05, 4.69) is 10.0 Å². The van der Waals surface area contributed by atoms with Gasteiger partial charge in [0.2, 0.25) is 10.0 Å². The molecule has 0 aliphatic carbocycles. The molecule has 8 heteroatoms. The van der Waals surface area contributed by atoms with Crippen LogP contribution in [0.3, 0.4) is 0 Å². The number of benzene rings is 1. The van der Waals surface area contributed by atoms with Gasteiger partial charge in [-0.25, -0.2) is 17.5 Å². The third-order valence-electron chi connectivity index (χ3n) is 2.75. The van der Waals surface area contributed by atoms with E-state index >= 15 is 0 Å². The molecule has 0 saturated carbocycles. The Balaban J connectivity index is 2.15. The molecule has 0 saturated heterocycles. The minimum absolute atomic E-state index is 0.0582. The van der Waals surface area contributed by atoms with Gasteiger partial charge < -0.3 is 5.32 Å². The summed E-state index contributed by atoms with van der Waals surface area (Å²) in [4.78, 5) is 0.761. The van der Waals surface area contributed by atoms with Crippen molar-refractivity contribution in [2.24, 2.45) is 0 Å². The molecule has 0 amide bonds. The third kappa shape index (κ3) is 3.39. The lowest BCUT2D eigenvalue weighted by Crippen LogP contribution is -2.17. The first-order valence-electron chi connectivity index (χ1n) is 5.92. The van der Waals surface area contributed by atoms with Crippen molar-refractivity contribution in [2.75, 3.05) is 12.4 Å². The van der Waals surface area contributed by atoms with E-state index in [4.69, 9.17) is 5.26 Å². The van der Waals surface area contributed by atoms with Gasteiger partial charge in [-0.15, -0.1) is 11.3 Å². The zero-order valence-electron chi connectivity index (χ0n) is 11.1. The number of nitrogens with one attached hydrogen (secondary N) is 2. The Morgan fingerprint density at radius 1 is 1.33 bits per heavy atom. The van der Waals surface area contributed by atoms with Crippen LogP contribution in [0.2, 0.25) is 0 Å². The maximum Gasteiger partial charge on any atom is 0.249 e. The van der Waals surface area contributed by atoms with Crippen molar-refractivity contribution < 1.29 is 12.8 Å². The summed E-state index contributed by atoms with van der Waals surface area (Å²) in [6, 6.07) is 9.29. The molecule has 5 nitrogen and oxygen atoms in total. The molecule has 1 aromatic carbocycles. The second kappa shape index (κ2) is 6.22. The van der Waals surface area contributed by atoms with Crippen molar-refractivity contribution in [2.45, 2.75) is 10.8 Å². The first-order valence-corrected chi connectivity index (χ1v) is 8.22. The fourth-order valence-electron chi connectivity index (χ4n) is 1.67. The van der Waals surface area contributed by atoms with Gasteiger partial charge in [-0.1, -0.05) is 6.07 Å². The van der Waals surface area contributed by atoms with Crippen LogP contribution < -0.4 is 10.0 Å². The first-order chi connectivity index (χ1) is 9.97. The lowest BCUT2D eigenvalue weighted by atomic mass is 10.2. The molecule has 0 aliphatic rings. The number of halogens is 1. The predicted molar refractivity (Wildman–Crippen MR) is 79.0 cm³/mol. The average molecular weight is 325 g/mol. The van der Waals surface area contributed by atoms with Crippen LogP contribution in [0.1, 0.15) is 10.4 Å². The molecule has 2 N–H and O–H groups in total.